The van der Waals surface area contributed by atoms with E-state index in [1.165, 1.54) is 11.1 Å². The van der Waals surface area contributed by atoms with Crippen molar-refractivity contribution >= 4 is 11.6 Å². The summed E-state index contributed by atoms with van der Waals surface area (Å²) >= 11 is 0. The first kappa shape index (κ1) is 15.9. The van der Waals surface area contributed by atoms with Gasteiger partial charge in [-0.3, -0.25) is 4.79 Å². The highest BCUT2D eigenvalue weighted by atomic mass is 16.3. The van der Waals surface area contributed by atoms with Gasteiger partial charge in [0, 0.05) is 0 Å². The third-order valence-corrected chi connectivity index (χ3v) is 3.62. The molecule has 0 aliphatic rings. The van der Waals surface area contributed by atoms with E-state index in [0.717, 1.165) is 5.56 Å². The van der Waals surface area contributed by atoms with E-state index >= 15 is 0 Å². The van der Waals surface area contributed by atoms with Crippen molar-refractivity contribution in [3.63, 3.8) is 0 Å². The number of rotatable bonds is 4. The van der Waals surface area contributed by atoms with Crippen LogP contribution in [0.1, 0.15) is 35.3 Å². The molecule has 4 nitrogen and oxygen atoms in total. The van der Waals surface area contributed by atoms with E-state index in [2.05, 4.69) is 10.5 Å². The fourth-order valence-electron chi connectivity index (χ4n) is 2.02. The van der Waals surface area contributed by atoms with Crippen molar-refractivity contribution in [1.82, 2.24) is 5.43 Å². The number of carbonyl (C=O) groups excluding carboxylic acids is 1. The number of hydrazone groups is 1. The standard InChI is InChI=1S/C18H20N2O2/c1-12-9-10-16(11-13(12)2)14(3)19-20-18(22)17(21)15-7-5-4-6-8-15/h4-11,17,21H,1-3H3,(H,20,22)/b19-14+. The first-order chi connectivity index (χ1) is 10.5. The number of carbonyl (C=O) groups is 1. The third-order valence-electron chi connectivity index (χ3n) is 3.62. The Morgan fingerprint density at radius 3 is 2.41 bits per heavy atom. The molecule has 0 saturated heterocycles. The summed E-state index contributed by atoms with van der Waals surface area (Å²) in [4.78, 5) is 11.9. The van der Waals surface area contributed by atoms with E-state index in [-0.39, 0.29) is 0 Å². The monoisotopic (exact) mass is 296 g/mol. The molecule has 0 heterocycles. The Bertz CT molecular complexity index is 693. The Morgan fingerprint density at radius 1 is 1.09 bits per heavy atom. The maximum absolute atomic E-state index is 11.9. The molecule has 22 heavy (non-hydrogen) atoms. The lowest BCUT2D eigenvalue weighted by Gasteiger charge is -2.10. The van der Waals surface area contributed by atoms with Gasteiger partial charge in [-0.2, -0.15) is 5.10 Å². The van der Waals surface area contributed by atoms with Gasteiger partial charge < -0.3 is 5.11 Å². The Kier molecular flexibility index (Phi) is 5.07. The zero-order valence-corrected chi connectivity index (χ0v) is 13.0. The molecule has 2 aromatic carbocycles. The first-order valence-electron chi connectivity index (χ1n) is 7.14. The van der Waals surface area contributed by atoms with Gasteiger partial charge in [0.2, 0.25) is 0 Å². The third kappa shape index (κ3) is 3.80. The smallest absolute Gasteiger partial charge is 0.273 e. The van der Waals surface area contributed by atoms with Crippen LogP contribution >= 0.6 is 0 Å². The van der Waals surface area contributed by atoms with E-state index in [9.17, 15) is 9.90 Å². The van der Waals surface area contributed by atoms with Crippen molar-refractivity contribution in [2.45, 2.75) is 26.9 Å². The van der Waals surface area contributed by atoms with E-state index in [4.69, 9.17) is 0 Å². The second-order valence-electron chi connectivity index (χ2n) is 5.29. The van der Waals surface area contributed by atoms with E-state index in [1.54, 1.807) is 24.3 Å². The highest BCUT2D eigenvalue weighted by Crippen LogP contribution is 2.13. The molecular formula is C18H20N2O2. The zero-order chi connectivity index (χ0) is 16.1. The van der Waals surface area contributed by atoms with Gasteiger partial charge in [0.05, 0.1) is 5.71 Å². The van der Waals surface area contributed by atoms with Crippen LogP contribution in [0.25, 0.3) is 0 Å². The fourth-order valence-corrected chi connectivity index (χ4v) is 2.02. The molecule has 0 spiro atoms. The number of amides is 1. The second-order valence-corrected chi connectivity index (χ2v) is 5.29. The SMILES string of the molecule is C/C(=N\NC(=O)C(O)c1ccccc1)c1ccc(C)c(C)c1. The summed E-state index contributed by atoms with van der Waals surface area (Å²) in [6, 6.07) is 14.8. The molecule has 1 amide bonds. The van der Waals surface area contributed by atoms with Crippen molar-refractivity contribution in [3.05, 3.63) is 70.8 Å². The van der Waals surface area contributed by atoms with Crippen molar-refractivity contribution in [3.8, 4) is 0 Å². The molecule has 0 radical (unpaired) electrons. The summed E-state index contributed by atoms with van der Waals surface area (Å²) in [5, 5.41) is 14.0. The normalized spacial score (nSPS) is 12.8. The summed E-state index contributed by atoms with van der Waals surface area (Å²) in [5.41, 5.74) is 6.96. The van der Waals surface area contributed by atoms with Crippen LogP contribution in [0.5, 0.6) is 0 Å². The Labute approximate surface area is 130 Å². The zero-order valence-electron chi connectivity index (χ0n) is 13.0. The molecule has 0 saturated carbocycles. The lowest BCUT2D eigenvalue weighted by molar-refractivity contribution is -0.129. The average molecular weight is 296 g/mol. The molecule has 0 aliphatic carbocycles. The molecule has 114 valence electrons. The number of aliphatic hydroxyl groups is 1. The highest BCUT2D eigenvalue weighted by molar-refractivity contribution is 5.99. The summed E-state index contributed by atoms with van der Waals surface area (Å²) in [6.45, 7) is 5.90. The molecule has 0 aliphatic heterocycles. The topological polar surface area (TPSA) is 61.7 Å². The maximum Gasteiger partial charge on any atom is 0.273 e. The quantitative estimate of drug-likeness (QED) is 0.673. The number of aryl methyl sites for hydroxylation is 2. The van der Waals surface area contributed by atoms with Crippen molar-refractivity contribution in [2.75, 3.05) is 0 Å². The number of hydrogen-bond acceptors (Lipinski definition) is 3. The van der Waals surface area contributed by atoms with Gasteiger partial charge in [0.15, 0.2) is 6.10 Å². The molecular weight excluding hydrogens is 276 g/mol. The lowest BCUT2D eigenvalue weighted by Crippen LogP contribution is -2.26. The lowest BCUT2D eigenvalue weighted by atomic mass is 10.0. The maximum atomic E-state index is 11.9. The summed E-state index contributed by atoms with van der Waals surface area (Å²) in [5.74, 6) is -0.547. The van der Waals surface area contributed by atoms with E-state index < -0.39 is 12.0 Å². The second kappa shape index (κ2) is 7.00. The Balaban J connectivity index is 2.07. The molecule has 0 aromatic heterocycles. The number of nitrogens with zero attached hydrogens (tertiary/aromatic N) is 1. The van der Waals surface area contributed by atoms with Gasteiger partial charge in [-0.1, -0.05) is 42.5 Å². The summed E-state index contributed by atoms with van der Waals surface area (Å²) in [7, 11) is 0. The minimum atomic E-state index is -1.22. The molecule has 1 atom stereocenters. The number of benzene rings is 2. The minimum Gasteiger partial charge on any atom is -0.378 e. The van der Waals surface area contributed by atoms with Gasteiger partial charge in [-0.15, -0.1) is 0 Å². The Morgan fingerprint density at radius 2 is 1.77 bits per heavy atom. The van der Waals surface area contributed by atoms with Gasteiger partial charge in [0.1, 0.15) is 0 Å². The molecule has 1 unspecified atom stereocenters. The van der Waals surface area contributed by atoms with Crippen LogP contribution in [-0.2, 0) is 4.79 Å². The van der Waals surface area contributed by atoms with Gasteiger partial charge in [-0.25, -0.2) is 5.43 Å². The van der Waals surface area contributed by atoms with E-state index in [1.807, 2.05) is 45.0 Å². The molecule has 2 rings (SSSR count). The summed E-state index contributed by atoms with van der Waals surface area (Å²) < 4.78 is 0. The Hall–Kier alpha value is -2.46. The average Bonchev–Trinajstić information content (AvgIpc) is 2.54. The van der Waals surface area contributed by atoms with Crippen LogP contribution in [0.4, 0.5) is 0 Å². The number of hydrogen-bond donors (Lipinski definition) is 2. The number of aliphatic hydroxyl groups excluding tert-OH is 1. The fraction of sp³-hybridized carbons (Fsp3) is 0.222. The van der Waals surface area contributed by atoms with Crippen LogP contribution in [0.3, 0.4) is 0 Å². The summed E-state index contributed by atoms with van der Waals surface area (Å²) in [6.07, 6.45) is -1.22. The molecule has 0 fully saturated rings. The predicted molar refractivity (Wildman–Crippen MR) is 87.7 cm³/mol. The largest absolute Gasteiger partial charge is 0.378 e. The molecule has 2 N–H and O–H groups in total. The predicted octanol–water partition coefficient (Wildman–Crippen LogP) is 2.88. The van der Waals surface area contributed by atoms with E-state index in [0.29, 0.717) is 11.3 Å². The molecule has 2 aromatic rings. The van der Waals surface area contributed by atoms with Crippen LogP contribution in [0.2, 0.25) is 0 Å². The van der Waals surface area contributed by atoms with Crippen molar-refractivity contribution < 1.29 is 9.90 Å². The van der Waals surface area contributed by atoms with Crippen LogP contribution in [-0.4, -0.2) is 16.7 Å². The molecule has 0 bridgehead atoms. The van der Waals surface area contributed by atoms with Gasteiger partial charge in [-0.05, 0) is 49.1 Å². The molecule has 4 heteroatoms. The van der Waals surface area contributed by atoms with Crippen LogP contribution < -0.4 is 5.43 Å². The van der Waals surface area contributed by atoms with Crippen LogP contribution in [0.15, 0.2) is 53.6 Å². The van der Waals surface area contributed by atoms with Gasteiger partial charge in [0.25, 0.3) is 5.91 Å². The minimum absolute atomic E-state index is 0.541. The van der Waals surface area contributed by atoms with Crippen molar-refractivity contribution in [1.29, 1.82) is 0 Å². The number of nitrogens with one attached hydrogen (secondary N) is 1. The van der Waals surface area contributed by atoms with Crippen molar-refractivity contribution in [2.24, 2.45) is 5.10 Å². The van der Waals surface area contributed by atoms with Gasteiger partial charge >= 0.3 is 0 Å². The van der Waals surface area contributed by atoms with Crippen LogP contribution in [0, 0.1) is 13.8 Å². The first-order valence-corrected chi connectivity index (χ1v) is 7.14. The highest BCUT2D eigenvalue weighted by Gasteiger charge is 2.16.